The van der Waals surface area contributed by atoms with Crippen molar-refractivity contribution in [3.05, 3.63) is 53.3 Å². The highest BCUT2D eigenvalue weighted by Gasteiger charge is 2.27. The quantitative estimate of drug-likeness (QED) is 0.516. The molecule has 0 fully saturated rings. The number of hydrogen-bond acceptors (Lipinski definition) is 3. The molecule has 1 heterocycles. The Kier molecular flexibility index (Phi) is 2.73. The molecule has 1 aliphatic rings. The Balaban J connectivity index is 2.09. The summed E-state index contributed by atoms with van der Waals surface area (Å²) in [5, 5.41) is 10.3. The summed E-state index contributed by atoms with van der Waals surface area (Å²) in [5.41, 5.74) is 13.9. The van der Waals surface area contributed by atoms with Gasteiger partial charge in [0.25, 0.3) is 5.91 Å². The van der Waals surface area contributed by atoms with Crippen LogP contribution in [0.3, 0.4) is 0 Å². The van der Waals surface area contributed by atoms with E-state index in [1.54, 1.807) is 30.6 Å². The molecule has 1 aliphatic carbocycles. The number of nitrogens with two attached hydrogens (primary N) is 2. The number of carbonyl (C=O) groups excluding carboxylic acids is 1. The second-order valence-electron chi connectivity index (χ2n) is 4.51. The van der Waals surface area contributed by atoms with Crippen LogP contribution in [0.15, 0.2) is 41.7 Å². The van der Waals surface area contributed by atoms with E-state index in [1.165, 1.54) is 0 Å². The molecule has 5 N–H and O–H groups in total. The zero-order valence-electron chi connectivity index (χ0n) is 10.4. The minimum atomic E-state index is -0.791. The first kappa shape index (κ1) is 12.3. The van der Waals surface area contributed by atoms with Gasteiger partial charge in [-0.05, 0) is 34.9 Å². The number of aliphatic hydroxyl groups excluding tert-OH is 1. The number of rotatable bonds is 1. The van der Waals surface area contributed by atoms with Gasteiger partial charge >= 0.3 is 0 Å². The minimum absolute atomic E-state index is 0.288. The third-order valence-electron chi connectivity index (χ3n) is 3.26. The van der Waals surface area contributed by atoms with Crippen molar-refractivity contribution < 1.29 is 9.90 Å². The molecule has 1 aromatic carbocycles. The number of aliphatic imine (C=N–C) groups is 1. The molecule has 6 nitrogen and oxygen atoms in total. The molecule has 3 rings (SSSR count). The van der Waals surface area contributed by atoms with E-state index in [4.69, 9.17) is 11.5 Å². The molecule has 1 amide bonds. The van der Waals surface area contributed by atoms with Gasteiger partial charge in [0.2, 0.25) is 0 Å². The van der Waals surface area contributed by atoms with Gasteiger partial charge in [0.05, 0.1) is 0 Å². The summed E-state index contributed by atoms with van der Waals surface area (Å²) in [5.74, 6) is -0.822. The smallest absolute Gasteiger partial charge is 0.280 e. The zero-order chi connectivity index (χ0) is 14.3. The SMILES string of the molecule is NC(N)=NC(=O)c1ccc2c(c1)C(O)c1cnccc1-2. The van der Waals surface area contributed by atoms with Gasteiger partial charge < -0.3 is 16.6 Å². The largest absolute Gasteiger partial charge is 0.384 e. The maximum Gasteiger partial charge on any atom is 0.280 e. The van der Waals surface area contributed by atoms with E-state index in [2.05, 4.69) is 9.98 Å². The maximum absolute atomic E-state index is 11.8. The van der Waals surface area contributed by atoms with E-state index >= 15 is 0 Å². The Labute approximate surface area is 114 Å². The molecule has 1 aromatic heterocycles. The van der Waals surface area contributed by atoms with Gasteiger partial charge in [0.1, 0.15) is 6.10 Å². The minimum Gasteiger partial charge on any atom is -0.384 e. The van der Waals surface area contributed by atoms with Crippen molar-refractivity contribution in [2.45, 2.75) is 6.10 Å². The number of pyridine rings is 1. The van der Waals surface area contributed by atoms with E-state index in [-0.39, 0.29) is 5.96 Å². The molecule has 20 heavy (non-hydrogen) atoms. The molecule has 2 aromatic rings. The van der Waals surface area contributed by atoms with Gasteiger partial charge in [-0.3, -0.25) is 9.78 Å². The summed E-state index contributed by atoms with van der Waals surface area (Å²) < 4.78 is 0. The second kappa shape index (κ2) is 4.43. The first-order valence-electron chi connectivity index (χ1n) is 5.98. The normalized spacial score (nSPS) is 15.3. The summed E-state index contributed by atoms with van der Waals surface area (Å²) in [6.07, 6.45) is 2.50. The van der Waals surface area contributed by atoms with Gasteiger partial charge in [-0.25, -0.2) is 0 Å². The van der Waals surface area contributed by atoms with Gasteiger partial charge in [0, 0.05) is 23.5 Å². The number of benzene rings is 1. The highest BCUT2D eigenvalue weighted by atomic mass is 16.3. The van der Waals surface area contributed by atoms with Gasteiger partial charge in [-0.2, -0.15) is 4.99 Å². The molecular formula is C14H12N4O2. The number of aliphatic hydroxyl groups is 1. The van der Waals surface area contributed by atoms with Crippen LogP contribution >= 0.6 is 0 Å². The number of hydrogen-bond donors (Lipinski definition) is 3. The molecular weight excluding hydrogens is 256 g/mol. The standard InChI is InChI=1S/C14H12N4O2/c15-14(16)18-13(20)7-1-2-8-9-3-4-17-6-11(9)12(19)10(8)5-7/h1-6,12,19H,(H4,15,16,18,20). The van der Waals surface area contributed by atoms with Crippen LogP contribution in [0.25, 0.3) is 11.1 Å². The lowest BCUT2D eigenvalue weighted by Crippen LogP contribution is -2.24. The van der Waals surface area contributed by atoms with Crippen molar-refractivity contribution in [1.82, 2.24) is 4.98 Å². The molecule has 1 atom stereocenters. The molecule has 100 valence electrons. The second-order valence-corrected chi connectivity index (χ2v) is 4.51. The summed E-state index contributed by atoms with van der Waals surface area (Å²) in [6.45, 7) is 0. The summed E-state index contributed by atoms with van der Waals surface area (Å²) in [4.78, 5) is 19.3. The number of guanidine groups is 1. The fraction of sp³-hybridized carbons (Fsp3) is 0.0714. The topological polar surface area (TPSA) is 115 Å². The molecule has 0 aliphatic heterocycles. The van der Waals surface area contributed by atoms with Crippen LogP contribution in [0.2, 0.25) is 0 Å². The third-order valence-corrected chi connectivity index (χ3v) is 3.26. The predicted molar refractivity (Wildman–Crippen MR) is 73.9 cm³/mol. The van der Waals surface area contributed by atoms with Gasteiger partial charge in [-0.15, -0.1) is 0 Å². The Morgan fingerprint density at radius 1 is 1.20 bits per heavy atom. The number of fused-ring (bicyclic) bond motifs is 3. The average molecular weight is 268 g/mol. The van der Waals surface area contributed by atoms with Crippen molar-refractivity contribution in [2.75, 3.05) is 0 Å². The number of amides is 1. The summed E-state index contributed by atoms with van der Waals surface area (Å²) in [7, 11) is 0. The van der Waals surface area contributed by atoms with Crippen molar-refractivity contribution in [1.29, 1.82) is 0 Å². The maximum atomic E-state index is 11.8. The molecule has 6 heteroatoms. The van der Waals surface area contributed by atoms with E-state index < -0.39 is 12.0 Å². The van der Waals surface area contributed by atoms with Crippen LogP contribution in [0.4, 0.5) is 0 Å². The van der Waals surface area contributed by atoms with Crippen molar-refractivity contribution in [3.8, 4) is 11.1 Å². The molecule has 0 saturated heterocycles. The molecule has 0 radical (unpaired) electrons. The Bertz CT molecular complexity index is 736. The lowest BCUT2D eigenvalue weighted by Gasteiger charge is -2.06. The highest BCUT2D eigenvalue weighted by molar-refractivity contribution is 6.02. The fourth-order valence-electron chi connectivity index (χ4n) is 2.39. The molecule has 0 saturated carbocycles. The predicted octanol–water partition coefficient (Wildman–Crippen LogP) is 0.557. The monoisotopic (exact) mass is 268 g/mol. The molecule has 0 bridgehead atoms. The number of aromatic nitrogens is 1. The van der Waals surface area contributed by atoms with Crippen LogP contribution in [-0.4, -0.2) is 22.0 Å². The lowest BCUT2D eigenvalue weighted by molar-refractivity contribution is 0.100. The summed E-state index contributed by atoms with van der Waals surface area (Å²) in [6, 6.07) is 6.85. The number of carbonyl (C=O) groups is 1. The van der Waals surface area contributed by atoms with E-state index in [0.29, 0.717) is 11.1 Å². The van der Waals surface area contributed by atoms with Crippen LogP contribution in [-0.2, 0) is 0 Å². The molecule has 0 spiro atoms. The number of nitrogens with zero attached hydrogens (tertiary/aromatic N) is 2. The van der Waals surface area contributed by atoms with Crippen molar-refractivity contribution in [2.24, 2.45) is 16.5 Å². The Hall–Kier alpha value is -2.73. The van der Waals surface area contributed by atoms with Crippen molar-refractivity contribution in [3.63, 3.8) is 0 Å². The highest BCUT2D eigenvalue weighted by Crippen LogP contribution is 2.43. The van der Waals surface area contributed by atoms with Crippen molar-refractivity contribution >= 4 is 11.9 Å². The fourth-order valence-corrected chi connectivity index (χ4v) is 2.39. The van der Waals surface area contributed by atoms with Crippen LogP contribution in [0, 0.1) is 0 Å². The first-order chi connectivity index (χ1) is 9.58. The van der Waals surface area contributed by atoms with Crippen LogP contribution in [0.1, 0.15) is 27.6 Å². The van der Waals surface area contributed by atoms with Gasteiger partial charge in [0.15, 0.2) is 5.96 Å². The van der Waals surface area contributed by atoms with Crippen LogP contribution in [0.5, 0.6) is 0 Å². The average Bonchev–Trinajstić information content (AvgIpc) is 2.72. The molecule has 1 unspecified atom stereocenters. The summed E-state index contributed by atoms with van der Waals surface area (Å²) >= 11 is 0. The lowest BCUT2D eigenvalue weighted by atomic mass is 10.0. The van der Waals surface area contributed by atoms with E-state index in [0.717, 1.165) is 16.7 Å². The first-order valence-corrected chi connectivity index (χ1v) is 5.98. The van der Waals surface area contributed by atoms with Gasteiger partial charge in [-0.1, -0.05) is 6.07 Å². The Morgan fingerprint density at radius 3 is 2.70 bits per heavy atom. The van der Waals surface area contributed by atoms with E-state index in [1.807, 2.05) is 6.07 Å². The van der Waals surface area contributed by atoms with Crippen LogP contribution < -0.4 is 11.5 Å². The van der Waals surface area contributed by atoms with E-state index in [9.17, 15) is 9.90 Å². The Morgan fingerprint density at radius 2 is 1.95 bits per heavy atom. The third kappa shape index (κ3) is 1.83. The zero-order valence-corrected chi connectivity index (χ0v) is 10.4.